The van der Waals surface area contributed by atoms with E-state index in [0.29, 0.717) is 5.69 Å². The van der Waals surface area contributed by atoms with Crippen LogP contribution in [0, 0.1) is 0 Å². The van der Waals surface area contributed by atoms with Gasteiger partial charge in [-0.25, -0.2) is 4.79 Å². The zero-order valence-electron chi connectivity index (χ0n) is 10.1. The van der Waals surface area contributed by atoms with Gasteiger partial charge in [-0.1, -0.05) is 12.1 Å². The van der Waals surface area contributed by atoms with Gasteiger partial charge in [-0.2, -0.15) is 0 Å². The highest BCUT2D eigenvalue weighted by Gasteiger charge is 2.45. The van der Waals surface area contributed by atoms with Crippen molar-refractivity contribution in [3.63, 3.8) is 0 Å². The first-order chi connectivity index (χ1) is 8.55. The molecule has 0 unspecified atom stereocenters. The number of anilines is 1. The molecule has 1 aliphatic rings. The van der Waals surface area contributed by atoms with Gasteiger partial charge in [0.2, 0.25) is 0 Å². The van der Waals surface area contributed by atoms with Crippen LogP contribution >= 0.6 is 0 Å². The number of carboxylic acids is 1. The van der Waals surface area contributed by atoms with Crippen molar-refractivity contribution in [2.75, 3.05) is 12.4 Å². The van der Waals surface area contributed by atoms with Crippen molar-refractivity contribution >= 4 is 17.7 Å². The molecule has 1 amide bonds. The van der Waals surface area contributed by atoms with Crippen molar-refractivity contribution in [2.24, 2.45) is 0 Å². The average molecular weight is 249 g/mol. The van der Waals surface area contributed by atoms with E-state index in [4.69, 9.17) is 5.11 Å². The normalized spacial score (nSPS) is 15.8. The monoisotopic (exact) mass is 249 g/mol. The highest BCUT2D eigenvalue weighted by Crippen LogP contribution is 2.51. The van der Waals surface area contributed by atoms with Gasteiger partial charge in [0.1, 0.15) is 0 Å². The third-order valence-corrected chi connectivity index (χ3v) is 3.27. The summed E-state index contributed by atoms with van der Waals surface area (Å²) in [7, 11) is 1.30. The Bertz CT molecular complexity index is 462. The lowest BCUT2D eigenvalue weighted by molar-refractivity contribution is -0.137. The Hall–Kier alpha value is -2.04. The number of hydrogen-bond acceptors (Lipinski definition) is 3. The summed E-state index contributed by atoms with van der Waals surface area (Å²) in [4.78, 5) is 21.8. The maximum Gasteiger partial charge on any atom is 0.411 e. The van der Waals surface area contributed by atoms with Crippen molar-refractivity contribution in [1.82, 2.24) is 0 Å². The number of aliphatic carboxylic acids is 1. The standard InChI is InChI=1S/C13H15NO4/c1-18-12(17)14-10-4-2-9(3-5-10)13(6-7-13)8-11(15)16/h2-5H,6-8H2,1H3,(H,14,17)(H,15,16). The molecular formula is C13H15NO4. The van der Waals surface area contributed by atoms with Gasteiger partial charge in [-0.15, -0.1) is 0 Å². The van der Waals surface area contributed by atoms with E-state index in [2.05, 4.69) is 10.1 Å². The first kappa shape index (κ1) is 12.4. The topological polar surface area (TPSA) is 75.6 Å². The molecule has 0 saturated heterocycles. The summed E-state index contributed by atoms with van der Waals surface area (Å²) in [5.74, 6) is -0.774. The molecule has 0 bridgehead atoms. The molecule has 0 spiro atoms. The summed E-state index contributed by atoms with van der Waals surface area (Å²) < 4.78 is 4.49. The second-order valence-corrected chi connectivity index (χ2v) is 4.54. The third-order valence-electron chi connectivity index (χ3n) is 3.27. The Morgan fingerprint density at radius 2 is 1.94 bits per heavy atom. The van der Waals surface area contributed by atoms with E-state index in [1.54, 1.807) is 12.1 Å². The van der Waals surface area contributed by atoms with Crippen molar-refractivity contribution in [3.8, 4) is 0 Å². The van der Waals surface area contributed by atoms with E-state index in [1.807, 2.05) is 12.1 Å². The molecule has 18 heavy (non-hydrogen) atoms. The minimum absolute atomic E-state index is 0.163. The Morgan fingerprint density at radius 1 is 1.33 bits per heavy atom. The highest BCUT2D eigenvalue weighted by molar-refractivity contribution is 5.84. The number of carboxylic acid groups (broad SMARTS) is 1. The van der Waals surface area contributed by atoms with Gasteiger partial charge in [0.25, 0.3) is 0 Å². The van der Waals surface area contributed by atoms with Crippen LogP contribution in [0.3, 0.4) is 0 Å². The van der Waals surface area contributed by atoms with E-state index in [1.165, 1.54) is 7.11 Å². The molecule has 5 heteroatoms. The number of methoxy groups -OCH3 is 1. The molecule has 2 N–H and O–H groups in total. The summed E-state index contributed by atoms with van der Waals surface area (Å²) in [6.07, 6.45) is 1.46. The lowest BCUT2D eigenvalue weighted by Crippen LogP contribution is -2.14. The van der Waals surface area contributed by atoms with E-state index >= 15 is 0 Å². The second kappa shape index (κ2) is 4.68. The summed E-state index contributed by atoms with van der Waals surface area (Å²) in [6.45, 7) is 0. The molecule has 0 heterocycles. The van der Waals surface area contributed by atoms with E-state index in [0.717, 1.165) is 18.4 Å². The van der Waals surface area contributed by atoms with Gasteiger partial charge in [0.05, 0.1) is 13.5 Å². The Morgan fingerprint density at radius 3 is 2.39 bits per heavy atom. The fraction of sp³-hybridized carbons (Fsp3) is 0.385. The van der Waals surface area contributed by atoms with E-state index in [-0.39, 0.29) is 11.8 Å². The summed E-state index contributed by atoms with van der Waals surface area (Å²) in [5.41, 5.74) is 1.45. The maximum atomic E-state index is 11.0. The first-order valence-corrected chi connectivity index (χ1v) is 5.73. The Kier molecular flexibility index (Phi) is 3.23. The molecule has 1 aromatic carbocycles. The van der Waals surface area contributed by atoms with Crippen molar-refractivity contribution in [3.05, 3.63) is 29.8 Å². The van der Waals surface area contributed by atoms with Gasteiger partial charge in [-0.3, -0.25) is 10.1 Å². The zero-order chi connectivity index (χ0) is 13.2. The summed E-state index contributed by atoms with van der Waals surface area (Å²) in [6, 6.07) is 7.24. The molecule has 1 aliphatic carbocycles. The lowest BCUT2D eigenvalue weighted by Gasteiger charge is -2.13. The van der Waals surface area contributed by atoms with E-state index in [9.17, 15) is 9.59 Å². The quantitative estimate of drug-likeness (QED) is 0.859. The number of hydrogen-bond donors (Lipinski definition) is 2. The van der Waals surface area contributed by atoms with Crippen LogP contribution in [-0.2, 0) is 14.9 Å². The summed E-state index contributed by atoms with van der Waals surface area (Å²) in [5, 5.41) is 11.4. The average Bonchev–Trinajstić information content (AvgIpc) is 3.09. The number of nitrogens with one attached hydrogen (secondary N) is 1. The number of benzene rings is 1. The largest absolute Gasteiger partial charge is 0.481 e. The van der Waals surface area contributed by atoms with Crippen LogP contribution in [0.25, 0.3) is 0 Å². The maximum absolute atomic E-state index is 11.0. The van der Waals surface area contributed by atoms with Crippen LogP contribution in [0.15, 0.2) is 24.3 Å². The second-order valence-electron chi connectivity index (χ2n) is 4.54. The molecule has 0 radical (unpaired) electrons. The van der Waals surface area contributed by atoms with E-state index < -0.39 is 12.1 Å². The number of rotatable bonds is 4. The zero-order valence-corrected chi connectivity index (χ0v) is 10.1. The molecule has 1 aromatic rings. The predicted octanol–water partition coefficient (Wildman–Crippen LogP) is 2.37. The lowest BCUT2D eigenvalue weighted by atomic mass is 9.92. The number of carbonyl (C=O) groups excluding carboxylic acids is 1. The van der Waals surface area contributed by atoms with Crippen LogP contribution in [0.1, 0.15) is 24.8 Å². The minimum Gasteiger partial charge on any atom is -0.481 e. The molecule has 0 aliphatic heterocycles. The van der Waals surface area contributed by atoms with Crippen LogP contribution < -0.4 is 5.32 Å². The van der Waals surface area contributed by atoms with Crippen LogP contribution in [0.4, 0.5) is 10.5 Å². The molecule has 0 aromatic heterocycles. The first-order valence-electron chi connectivity index (χ1n) is 5.73. The van der Waals surface area contributed by atoms with Gasteiger partial charge in [-0.05, 0) is 30.5 Å². The van der Waals surface area contributed by atoms with Crippen molar-refractivity contribution in [1.29, 1.82) is 0 Å². The predicted molar refractivity (Wildman–Crippen MR) is 65.6 cm³/mol. The third kappa shape index (κ3) is 2.61. The number of carbonyl (C=O) groups is 2. The van der Waals surface area contributed by atoms with Gasteiger partial charge >= 0.3 is 12.1 Å². The van der Waals surface area contributed by atoms with Gasteiger partial charge in [0.15, 0.2) is 0 Å². The van der Waals surface area contributed by atoms with Gasteiger partial charge < -0.3 is 9.84 Å². The fourth-order valence-electron chi connectivity index (χ4n) is 2.08. The van der Waals surface area contributed by atoms with Crippen molar-refractivity contribution < 1.29 is 19.4 Å². The van der Waals surface area contributed by atoms with Crippen LogP contribution in [0.2, 0.25) is 0 Å². The minimum atomic E-state index is -0.774. The molecule has 5 nitrogen and oxygen atoms in total. The van der Waals surface area contributed by atoms with Crippen molar-refractivity contribution in [2.45, 2.75) is 24.7 Å². The molecular weight excluding hydrogens is 234 g/mol. The fourth-order valence-corrected chi connectivity index (χ4v) is 2.08. The van der Waals surface area contributed by atoms with Gasteiger partial charge in [0, 0.05) is 11.1 Å². The molecule has 0 atom stereocenters. The van der Waals surface area contributed by atoms with Crippen LogP contribution in [-0.4, -0.2) is 24.3 Å². The molecule has 2 rings (SSSR count). The summed E-state index contributed by atoms with van der Waals surface area (Å²) >= 11 is 0. The Labute approximate surface area is 105 Å². The molecule has 1 fully saturated rings. The molecule has 96 valence electrons. The number of amides is 1. The molecule has 1 saturated carbocycles. The smallest absolute Gasteiger partial charge is 0.411 e. The SMILES string of the molecule is COC(=O)Nc1ccc(C2(CC(=O)O)CC2)cc1. The van der Waals surface area contributed by atoms with Crippen LogP contribution in [0.5, 0.6) is 0 Å². The Balaban J connectivity index is 2.08. The number of ether oxygens (including phenoxy) is 1. The highest BCUT2D eigenvalue weighted by atomic mass is 16.5.